The average molecular weight is 294 g/mol. The average Bonchev–Trinajstić information content (AvgIpc) is 2.93. The summed E-state index contributed by atoms with van der Waals surface area (Å²) in [7, 11) is 0. The number of hydrazine groups is 1. The quantitative estimate of drug-likeness (QED) is 0.421. The van der Waals surface area contributed by atoms with E-state index in [1.807, 2.05) is 11.4 Å². The molecule has 2 aromatic heterocycles. The van der Waals surface area contributed by atoms with E-state index in [2.05, 4.69) is 22.3 Å². The summed E-state index contributed by atoms with van der Waals surface area (Å²) >= 11 is 1.58. The second-order valence-corrected chi connectivity index (χ2v) is 5.63. The minimum absolute atomic E-state index is 0.441. The Labute approximate surface area is 123 Å². The maximum absolute atomic E-state index is 5.64. The summed E-state index contributed by atoms with van der Waals surface area (Å²) in [6, 6.07) is 1.97. The number of nitrogens with zero attached hydrogens (tertiary/aromatic N) is 2. The van der Waals surface area contributed by atoms with Crippen LogP contribution in [-0.4, -0.2) is 16.6 Å². The van der Waals surface area contributed by atoms with E-state index in [4.69, 9.17) is 10.6 Å². The highest BCUT2D eigenvalue weighted by Crippen LogP contribution is 2.24. The zero-order valence-corrected chi connectivity index (χ0v) is 12.7. The molecule has 110 valence electrons. The van der Waals surface area contributed by atoms with Crippen LogP contribution in [0.25, 0.3) is 10.2 Å². The fourth-order valence-electron chi connectivity index (χ4n) is 2.05. The fourth-order valence-corrected chi connectivity index (χ4v) is 2.83. The van der Waals surface area contributed by atoms with Crippen LogP contribution in [0.5, 0.6) is 0 Å². The molecule has 0 bridgehead atoms. The highest BCUT2D eigenvalue weighted by atomic mass is 32.1. The van der Waals surface area contributed by atoms with Crippen LogP contribution in [0, 0.1) is 0 Å². The molecule has 0 saturated carbocycles. The molecule has 6 heteroatoms. The van der Waals surface area contributed by atoms with Gasteiger partial charge in [0.2, 0.25) is 0 Å². The molecule has 0 radical (unpaired) electrons. The van der Waals surface area contributed by atoms with Crippen LogP contribution in [0.15, 0.2) is 11.4 Å². The van der Waals surface area contributed by atoms with Crippen molar-refractivity contribution in [2.45, 2.75) is 45.6 Å². The van der Waals surface area contributed by atoms with Gasteiger partial charge in [-0.25, -0.2) is 15.8 Å². The monoisotopic (exact) mass is 294 g/mol. The predicted octanol–water partition coefficient (Wildman–Crippen LogP) is 3.46. The Morgan fingerprint density at radius 3 is 2.90 bits per heavy atom. The van der Waals surface area contributed by atoms with Gasteiger partial charge >= 0.3 is 0 Å². The normalized spacial score (nSPS) is 11.1. The van der Waals surface area contributed by atoms with Gasteiger partial charge in [0.15, 0.2) is 11.6 Å². The Bertz CT molecular complexity index is 529. The summed E-state index contributed by atoms with van der Waals surface area (Å²) in [5.74, 6) is 6.84. The molecule has 0 aliphatic carbocycles. The number of nitrogens with one attached hydrogen (secondary N) is 1. The van der Waals surface area contributed by atoms with E-state index in [1.165, 1.54) is 25.7 Å². The standard InChI is InChI=1S/C14H22N4OS/c1-2-3-4-5-6-8-19-10-12-16-13(18-15)11-7-9-20-14(11)17-12/h7,9H,2-6,8,10,15H2,1H3,(H,16,17,18). The predicted molar refractivity (Wildman–Crippen MR) is 83.6 cm³/mol. The lowest BCUT2D eigenvalue weighted by molar-refractivity contribution is 0.112. The smallest absolute Gasteiger partial charge is 0.158 e. The molecule has 0 aliphatic heterocycles. The van der Waals surface area contributed by atoms with Crippen LogP contribution in [0.4, 0.5) is 5.82 Å². The molecule has 0 fully saturated rings. The van der Waals surface area contributed by atoms with Gasteiger partial charge in [0.25, 0.3) is 0 Å². The van der Waals surface area contributed by atoms with Gasteiger partial charge in [0, 0.05) is 6.61 Å². The van der Waals surface area contributed by atoms with E-state index in [-0.39, 0.29) is 0 Å². The minimum atomic E-state index is 0.441. The first-order valence-electron chi connectivity index (χ1n) is 7.13. The number of aromatic nitrogens is 2. The van der Waals surface area contributed by atoms with Crippen LogP contribution in [0.3, 0.4) is 0 Å². The van der Waals surface area contributed by atoms with Crippen LogP contribution in [0.1, 0.15) is 44.9 Å². The Morgan fingerprint density at radius 2 is 2.10 bits per heavy atom. The first-order valence-corrected chi connectivity index (χ1v) is 8.01. The lowest BCUT2D eigenvalue weighted by atomic mass is 10.2. The molecule has 2 rings (SSSR count). The largest absolute Gasteiger partial charge is 0.373 e. The molecule has 2 heterocycles. The Balaban J connectivity index is 1.81. The number of anilines is 1. The third kappa shape index (κ3) is 4.13. The Kier molecular flexibility index (Phi) is 6.17. The van der Waals surface area contributed by atoms with Crippen LogP contribution >= 0.6 is 11.3 Å². The highest BCUT2D eigenvalue weighted by Gasteiger charge is 2.07. The van der Waals surface area contributed by atoms with E-state index < -0.39 is 0 Å². The number of nitrogen functional groups attached to an aromatic ring is 1. The molecule has 20 heavy (non-hydrogen) atoms. The highest BCUT2D eigenvalue weighted by molar-refractivity contribution is 7.16. The van der Waals surface area contributed by atoms with Gasteiger partial charge in [-0.3, -0.25) is 0 Å². The first kappa shape index (κ1) is 15.2. The van der Waals surface area contributed by atoms with Crippen molar-refractivity contribution in [2.24, 2.45) is 5.84 Å². The van der Waals surface area contributed by atoms with Gasteiger partial charge in [0.05, 0.1) is 5.39 Å². The van der Waals surface area contributed by atoms with Crippen LogP contribution in [-0.2, 0) is 11.3 Å². The first-order chi connectivity index (χ1) is 9.85. The van der Waals surface area contributed by atoms with Crippen molar-refractivity contribution in [3.8, 4) is 0 Å². The Morgan fingerprint density at radius 1 is 1.25 bits per heavy atom. The number of hydrogen-bond donors (Lipinski definition) is 2. The summed E-state index contributed by atoms with van der Waals surface area (Å²) in [6.07, 6.45) is 6.20. The van der Waals surface area contributed by atoms with Crippen molar-refractivity contribution in [1.29, 1.82) is 0 Å². The second-order valence-electron chi connectivity index (χ2n) is 4.74. The Hall–Kier alpha value is -1.24. The molecule has 0 aliphatic rings. The summed E-state index contributed by atoms with van der Waals surface area (Å²) in [5, 5.41) is 2.94. The molecular formula is C14H22N4OS. The van der Waals surface area contributed by atoms with E-state index >= 15 is 0 Å². The molecule has 0 spiro atoms. The lowest BCUT2D eigenvalue weighted by Gasteiger charge is -2.06. The van der Waals surface area contributed by atoms with E-state index in [9.17, 15) is 0 Å². The third-order valence-electron chi connectivity index (χ3n) is 3.13. The van der Waals surface area contributed by atoms with Crippen molar-refractivity contribution in [2.75, 3.05) is 12.0 Å². The zero-order valence-electron chi connectivity index (χ0n) is 11.9. The molecular weight excluding hydrogens is 272 g/mol. The maximum Gasteiger partial charge on any atom is 0.158 e. The molecule has 0 amide bonds. The number of rotatable bonds is 9. The fraction of sp³-hybridized carbons (Fsp3) is 0.571. The topological polar surface area (TPSA) is 73.1 Å². The minimum Gasteiger partial charge on any atom is -0.373 e. The molecule has 3 N–H and O–H groups in total. The van der Waals surface area contributed by atoms with Gasteiger partial charge in [-0.1, -0.05) is 32.6 Å². The van der Waals surface area contributed by atoms with E-state index in [1.54, 1.807) is 11.3 Å². The van der Waals surface area contributed by atoms with Crippen molar-refractivity contribution in [1.82, 2.24) is 9.97 Å². The van der Waals surface area contributed by atoms with Crippen molar-refractivity contribution in [3.63, 3.8) is 0 Å². The molecule has 0 aromatic carbocycles. The van der Waals surface area contributed by atoms with Crippen LogP contribution < -0.4 is 11.3 Å². The molecule has 0 unspecified atom stereocenters. The second kappa shape index (κ2) is 8.14. The van der Waals surface area contributed by atoms with Crippen molar-refractivity contribution < 1.29 is 4.74 Å². The molecule has 0 saturated heterocycles. The number of ether oxygens (including phenoxy) is 1. The molecule has 2 aromatic rings. The van der Waals surface area contributed by atoms with Gasteiger partial charge in [0.1, 0.15) is 11.4 Å². The zero-order chi connectivity index (χ0) is 14.2. The summed E-state index contributed by atoms with van der Waals surface area (Å²) in [5.41, 5.74) is 2.62. The SMILES string of the molecule is CCCCCCCOCc1nc(NN)c2ccsc2n1. The number of unbranched alkanes of at least 4 members (excludes halogenated alkanes) is 4. The number of hydrogen-bond acceptors (Lipinski definition) is 6. The molecule has 5 nitrogen and oxygen atoms in total. The van der Waals surface area contributed by atoms with Crippen LogP contribution in [0.2, 0.25) is 0 Å². The van der Waals surface area contributed by atoms with Gasteiger partial charge in [-0.15, -0.1) is 11.3 Å². The van der Waals surface area contributed by atoms with Gasteiger partial charge < -0.3 is 10.2 Å². The van der Waals surface area contributed by atoms with Gasteiger partial charge in [-0.2, -0.15) is 0 Å². The summed E-state index contributed by atoms with van der Waals surface area (Å²) < 4.78 is 5.64. The lowest BCUT2D eigenvalue weighted by Crippen LogP contribution is -2.11. The third-order valence-corrected chi connectivity index (χ3v) is 3.94. The number of thiophene rings is 1. The van der Waals surface area contributed by atoms with E-state index in [0.29, 0.717) is 18.2 Å². The number of fused-ring (bicyclic) bond motifs is 1. The van der Waals surface area contributed by atoms with Crippen molar-refractivity contribution >= 4 is 27.4 Å². The summed E-state index contributed by atoms with van der Waals surface area (Å²) in [6.45, 7) is 3.43. The summed E-state index contributed by atoms with van der Waals surface area (Å²) in [4.78, 5) is 9.79. The van der Waals surface area contributed by atoms with Crippen molar-refractivity contribution in [3.05, 3.63) is 17.3 Å². The van der Waals surface area contributed by atoms with Gasteiger partial charge in [-0.05, 0) is 17.9 Å². The number of nitrogens with two attached hydrogens (primary N) is 1. The maximum atomic E-state index is 5.64. The van der Waals surface area contributed by atoms with E-state index in [0.717, 1.165) is 23.2 Å². The molecule has 0 atom stereocenters.